The van der Waals surface area contributed by atoms with Gasteiger partial charge in [0.2, 0.25) is 18.4 Å². The number of alkyl halides is 10. The quantitative estimate of drug-likeness (QED) is 0.230. The van der Waals surface area contributed by atoms with E-state index < -0.39 is 80.4 Å². The predicted molar refractivity (Wildman–Crippen MR) is 74.1 cm³/mol. The van der Waals surface area contributed by atoms with Gasteiger partial charge in [-0.3, -0.25) is 4.74 Å². The van der Waals surface area contributed by atoms with E-state index in [1.165, 1.54) is 6.92 Å². The Kier molecular flexibility index (Phi) is 8.46. The highest BCUT2D eigenvalue weighted by atomic mass is 19.3. The zero-order chi connectivity index (χ0) is 25.1. The number of hydrogen-bond acceptors (Lipinski definition) is 8. The molecule has 2 unspecified atom stereocenters. The number of hydrogen-bond donors (Lipinski definition) is 0. The minimum absolute atomic E-state index is 0.416. The number of carbonyl (C=O) groups excluding carboxylic acids is 3. The maximum Gasteiger partial charge on any atom is 0.449 e. The van der Waals surface area contributed by atoms with Crippen molar-refractivity contribution in [1.82, 2.24) is 0 Å². The van der Waals surface area contributed by atoms with E-state index in [1.54, 1.807) is 0 Å². The van der Waals surface area contributed by atoms with Gasteiger partial charge in [-0.15, -0.1) is 0 Å². The van der Waals surface area contributed by atoms with Crippen molar-refractivity contribution in [2.24, 2.45) is 0 Å². The third-order valence-electron chi connectivity index (χ3n) is 3.35. The lowest BCUT2D eigenvalue weighted by molar-refractivity contribution is -0.452. The smallest absolute Gasteiger partial charge is 0.449 e. The molecule has 0 aromatic carbocycles. The van der Waals surface area contributed by atoms with Gasteiger partial charge in [0.25, 0.3) is 0 Å². The first-order valence-electron chi connectivity index (χ1n) is 8.06. The fourth-order valence-electron chi connectivity index (χ4n) is 1.73. The fraction of sp³-hybridized carbons (Fsp3) is 0.786. The van der Waals surface area contributed by atoms with Crippen LogP contribution in [0.2, 0.25) is 0 Å². The molecule has 1 rings (SSSR count). The van der Waals surface area contributed by atoms with E-state index in [9.17, 15) is 58.3 Å². The number of esters is 3. The minimum Gasteiger partial charge on any atom is -0.464 e. The first-order valence-corrected chi connectivity index (χ1v) is 8.06. The SMILES string of the molecule is CCOC(=O)[C@H](F)COC(F)(F)C(F)(F)COC(F)(F)C(F)(F)OC1C(=O)OC(=O)C1F. The van der Waals surface area contributed by atoms with Crippen LogP contribution in [0.4, 0.5) is 43.9 Å². The molecular formula is C14H12F10O8. The molecule has 0 radical (unpaired) electrons. The van der Waals surface area contributed by atoms with E-state index in [4.69, 9.17) is 0 Å². The van der Waals surface area contributed by atoms with E-state index in [-0.39, 0.29) is 0 Å². The summed E-state index contributed by atoms with van der Waals surface area (Å²) in [7, 11) is 0. The number of halogens is 10. The van der Waals surface area contributed by atoms with Gasteiger partial charge in [-0.2, -0.15) is 35.1 Å². The summed E-state index contributed by atoms with van der Waals surface area (Å²) >= 11 is 0. The molecule has 0 aliphatic carbocycles. The molecule has 1 saturated heterocycles. The van der Waals surface area contributed by atoms with Crippen LogP contribution in [0.5, 0.6) is 0 Å². The van der Waals surface area contributed by atoms with Crippen molar-refractivity contribution in [3.8, 4) is 0 Å². The van der Waals surface area contributed by atoms with E-state index in [0.717, 1.165) is 0 Å². The van der Waals surface area contributed by atoms with Crippen LogP contribution in [-0.2, 0) is 38.1 Å². The summed E-state index contributed by atoms with van der Waals surface area (Å²) < 4.78 is 150. The first kappa shape index (κ1) is 27.8. The molecule has 0 aromatic heterocycles. The molecular weight excluding hydrogens is 486 g/mol. The molecule has 1 aliphatic heterocycles. The molecule has 0 saturated carbocycles. The molecule has 0 N–H and O–H groups in total. The summed E-state index contributed by atoms with van der Waals surface area (Å²) in [5, 5.41) is 0. The Labute approximate surface area is 170 Å². The molecule has 0 bridgehead atoms. The van der Waals surface area contributed by atoms with E-state index in [0.29, 0.717) is 0 Å². The van der Waals surface area contributed by atoms with Crippen LogP contribution in [0.1, 0.15) is 6.92 Å². The maximum atomic E-state index is 13.5. The van der Waals surface area contributed by atoms with Crippen LogP contribution in [-0.4, -0.2) is 80.4 Å². The Bertz CT molecular complexity index is 716. The number of carbonyl (C=O) groups is 3. The van der Waals surface area contributed by atoms with Gasteiger partial charge in [0.15, 0.2) is 0 Å². The van der Waals surface area contributed by atoms with Gasteiger partial charge in [-0.05, 0) is 6.92 Å². The highest BCUT2D eigenvalue weighted by Crippen LogP contribution is 2.42. The predicted octanol–water partition coefficient (Wildman–Crippen LogP) is 2.14. The monoisotopic (exact) mass is 498 g/mol. The first-order chi connectivity index (χ1) is 14.4. The average molecular weight is 498 g/mol. The van der Waals surface area contributed by atoms with Gasteiger partial charge in [-0.25, -0.2) is 23.2 Å². The van der Waals surface area contributed by atoms with Crippen LogP contribution in [0.15, 0.2) is 0 Å². The number of ether oxygens (including phenoxy) is 5. The Morgan fingerprint density at radius 1 is 0.969 bits per heavy atom. The van der Waals surface area contributed by atoms with Gasteiger partial charge < -0.3 is 18.9 Å². The van der Waals surface area contributed by atoms with Crippen molar-refractivity contribution in [1.29, 1.82) is 0 Å². The summed E-state index contributed by atoms with van der Waals surface area (Å²) in [5.74, 6) is -11.8. The zero-order valence-corrected chi connectivity index (χ0v) is 15.4. The summed E-state index contributed by atoms with van der Waals surface area (Å²) in [6.07, 6.45) is -27.6. The Balaban J connectivity index is 2.79. The molecule has 8 nitrogen and oxygen atoms in total. The number of cyclic esters (lactones) is 2. The molecule has 0 amide bonds. The molecule has 1 heterocycles. The van der Waals surface area contributed by atoms with E-state index in [1.807, 2.05) is 0 Å². The zero-order valence-electron chi connectivity index (χ0n) is 15.4. The van der Waals surface area contributed by atoms with Gasteiger partial charge in [0, 0.05) is 0 Å². The fourth-order valence-corrected chi connectivity index (χ4v) is 1.73. The summed E-state index contributed by atoms with van der Waals surface area (Å²) in [6.45, 7) is -4.46. The van der Waals surface area contributed by atoms with Crippen molar-refractivity contribution >= 4 is 17.9 Å². The lowest BCUT2D eigenvalue weighted by Gasteiger charge is -2.30. The highest BCUT2D eigenvalue weighted by molar-refractivity contribution is 5.99. The standard InChI is InChI=1S/C14H12F10O8/c1-2-28-8(25)5(15)3-29-12(19,20)11(17,18)4-30-13(21,22)14(23,24)32-7-6(16)9(26)31-10(7)27/h5-7H,2-4H2,1H3/t5-,6?,7?/m1/s1. The molecule has 1 aliphatic rings. The van der Waals surface area contributed by atoms with Crippen molar-refractivity contribution in [3.63, 3.8) is 0 Å². The number of rotatable bonds is 12. The third kappa shape index (κ3) is 6.18. The van der Waals surface area contributed by atoms with Gasteiger partial charge in [0.1, 0.15) is 6.61 Å². The van der Waals surface area contributed by atoms with E-state index in [2.05, 4.69) is 23.7 Å². The van der Waals surface area contributed by atoms with Crippen LogP contribution in [0.3, 0.4) is 0 Å². The van der Waals surface area contributed by atoms with Crippen molar-refractivity contribution in [2.45, 2.75) is 49.6 Å². The normalized spacial score (nSPS) is 21.5. The molecule has 0 aromatic rings. The molecule has 3 atom stereocenters. The molecule has 1 fully saturated rings. The van der Waals surface area contributed by atoms with Crippen LogP contribution in [0.25, 0.3) is 0 Å². The summed E-state index contributed by atoms with van der Waals surface area (Å²) in [5.41, 5.74) is 0. The van der Waals surface area contributed by atoms with Gasteiger partial charge in [0.05, 0.1) is 13.2 Å². The Morgan fingerprint density at radius 3 is 2.00 bits per heavy atom. The summed E-state index contributed by atoms with van der Waals surface area (Å²) in [4.78, 5) is 32.5. The Hall–Kier alpha value is -2.21. The minimum atomic E-state index is -6.19. The lowest BCUT2D eigenvalue weighted by atomic mass is 10.2. The second-order valence-electron chi connectivity index (χ2n) is 5.75. The third-order valence-corrected chi connectivity index (χ3v) is 3.35. The summed E-state index contributed by atoms with van der Waals surface area (Å²) in [6, 6.07) is 0. The molecule has 0 spiro atoms. The van der Waals surface area contributed by atoms with Crippen molar-refractivity contribution < 1.29 is 82.0 Å². The van der Waals surface area contributed by atoms with Crippen molar-refractivity contribution in [2.75, 3.05) is 19.8 Å². The lowest BCUT2D eigenvalue weighted by Crippen LogP contribution is -2.53. The van der Waals surface area contributed by atoms with Gasteiger partial charge in [-0.1, -0.05) is 0 Å². The average Bonchev–Trinajstić information content (AvgIpc) is 2.90. The van der Waals surface area contributed by atoms with Crippen LogP contribution >= 0.6 is 0 Å². The molecule has 32 heavy (non-hydrogen) atoms. The second kappa shape index (κ2) is 9.74. The van der Waals surface area contributed by atoms with E-state index >= 15 is 0 Å². The molecule has 18 heteroatoms. The molecule has 186 valence electrons. The van der Waals surface area contributed by atoms with Gasteiger partial charge >= 0.3 is 42.2 Å². The highest BCUT2D eigenvalue weighted by Gasteiger charge is 2.67. The maximum absolute atomic E-state index is 13.5. The van der Waals surface area contributed by atoms with Crippen LogP contribution < -0.4 is 0 Å². The Morgan fingerprint density at radius 2 is 1.53 bits per heavy atom. The van der Waals surface area contributed by atoms with Crippen LogP contribution in [0, 0.1) is 0 Å². The topological polar surface area (TPSA) is 97.4 Å². The second-order valence-corrected chi connectivity index (χ2v) is 5.75. The van der Waals surface area contributed by atoms with Crippen molar-refractivity contribution in [3.05, 3.63) is 0 Å². The largest absolute Gasteiger partial charge is 0.464 e.